The van der Waals surface area contributed by atoms with Gasteiger partial charge in [-0.15, -0.1) is 0 Å². The first-order chi connectivity index (χ1) is 9.04. The van der Waals surface area contributed by atoms with E-state index in [1.807, 2.05) is 31.2 Å². The van der Waals surface area contributed by atoms with Gasteiger partial charge in [0.15, 0.2) is 0 Å². The zero-order valence-electron chi connectivity index (χ0n) is 10.8. The molecular weight excluding hydrogens is 242 g/mol. The fourth-order valence-corrected chi connectivity index (χ4v) is 1.48. The fraction of sp³-hybridized carbons (Fsp3) is 0.167. The topological polar surface area (TPSA) is 115 Å². The summed E-state index contributed by atoms with van der Waals surface area (Å²) >= 11 is 0. The van der Waals surface area contributed by atoms with Gasteiger partial charge in [0.05, 0.1) is 5.71 Å². The molecule has 0 aliphatic heterocycles. The molecule has 0 aliphatic carbocycles. The average Bonchev–Trinajstić information content (AvgIpc) is 2.36. The summed E-state index contributed by atoms with van der Waals surface area (Å²) in [6.45, 7) is 3.61. The lowest BCUT2D eigenvalue weighted by atomic mass is 10.1. The minimum atomic E-state index is 0.162. The lowest BCUT2D eigenvalue weighted by molar-refractivity contribution is 0.980. The summed E-state index contributed by atoms with van der Waals surface area (Å²) in [6, 6.07) is 7.42. The Labute approximate surface area is 110 Å². The van der Waals surface area contributed by atoms with Crippen LogP contribution in [0.4, 0.5) is 17.6 Å². The van der Waals surface area contributed by atoms with Gasteiger partial charge in [0.2, 0.25) is 11.9 Å². The Morgan fingerprint density at radius 1 is 1.11 bits per heavy atom. The molecule has 0 amide bonds. The van der Waals surface area contributed by atoms with Gasteiger partial charge in [-0.3, -0.25) is 0 Å². The molecule has 0 fully saturated rings. The number of nitrogens with zero attached hydrogens (tertiary/aromatic N) is 4. The third-order valence-electron chi connectivity index (χ3n) is 2.42. The van der Waals surface area contributed by atoms with Crippen molar-refractivity contribution in [3.05, 3.63) is 35.7 Å². The molecule has 0 saturated carbocycles. The Morgan fingerprint density at radius 3 is 2.42 bits per heavy atom. The van der Waals surface area contributed by atoms with Crippen molar-refractivity contribution in [3.8, 4) is 0 Å². The van der Waals surface area contributed by atoms with E-state index in [2.05, 4.69) is 25.5 Å². The molecular formula is C12H15N7. The van der Waals surface area contributed by atoms with Crippen LogP contribution in [-0.4, -0.2) is 20.7 Å². The number of nitrogens with two attached hydrogens (primary N) is 2. The molecule has 7 nitrogen and oxygen atoms in total. The van der Waals surface area contributed by atoms with E-state index in [4.69, 9.17) is 11.5 Å². The zero-order valence-corrected chi connectivity index (χ0v) is 10.8. The number of nitrogens with one attached hydrogen (secondary N) is 1. The van der Waals surface area contributed by atoms with E-state index >= 15 is 0 Å². The predicted octanol–water partition coefficient (Wildman–Crippen LogP) is 1.18. The van der Waals surface area contributed by atoms with E-state index < -0.39 is 0 Å². The highest BCUT2D eigenvalue weighted by molar-refractivity contribution is 5.99. The Bertz CT molecular complexity index is 584. The lowest BCUT2D eigenvalue weighted by Crippen LogP contribution is -2.06. The van der Waals surface area contributed by atoms with E-state index in [0.717, 1.165) is 11.3 Å². The summed E-state index contributed by atoms with van der Waals surface area (Å²) in [5.41, 5.74) is 16.4. The molecule has 0 unspecified atom stereocenters. The Hall–Kier alpha value is -2.70. The number of aromatic nitrogens is 3. The number of hydrogen-bond donors (Lipinski definition) is 3. The van der Waals surface area contributed by atoms with Crippen LogP contribution < -0.4 is 16.9 Å². The fourth-order valence-electron chi connectivity index (χ4n) is 1.48. The van der Waals surface area contributed by atoms with Crippen LogP contribution in [0.1, 0.15) is 18.3 Å². The Kier molecular flexibility index (Phi) is 3.56. The molecule has 0 bridgehead atoms. The first-order valence-electron chi connectivity index (χ1n) is 5.69. The molecule has 2 rings (SSSR count). The molecule has 1 aromatic carbocycles. The maximum atomic E-state index is 5.63. The Balaban J connectivity index is 2.15. The molecule has 0 atom stereocenters. The standard InChI is InChI=1S/C12H15N7/c1-7(9-3-5-10(13)6-4-9)18-19-12-16-8(2)15-11(14)17-12/h3-6H,13H2,1-2H3,(H3,14,15,16,17,19)/b18-7-. The van der Waals surface area contributed by atoms with Crippen LogP contribution in [0.3, 0.4) is 0 Å². The van der Waals surface area contributed by atoms with Gasteiger partial charge in [0.1, 0.15) is 5.82 Å². The molecule has 2 aromatic rings. The van der Waals surface area contributed by atoms with Crippen LogP contribution in [0, 0.1) is 6.92 Å². The highest BCUT2D eigenvalue weighted by atomic mass is 15.4. The maximum Gasteiger partial charge on any atom is 0.248 e. The van der Waals surface area contributed by atoms with Gasteiger partial charge in [0.25, 0.3) is 0 Å². The summed E-state index contributed by atoms with van der Waals surface area (Å²) in [5, 5.41) is 4.19. The summed E-state index contributed by atoms with van der Waals surface area (Å²) in [6.07, 6.45) is 0. The van der Waals surface area contributed by atoms with Crippen LogP contribution >= 0.6 is 0 Å². The van der Waals surface area contributed by atoms with Crippen molar-refractivity contribution in [1.29, 1.82) is 0 Å². The van der Waals surface area contributed by atoms with Gasteiger partial charge >= 0.3 is 0 Å². The minimum absolute atomic E-state index is 0.162. The quantitative estimate of drug-likeness (QED) is 0.432. The molecule has 5 N–H and O–H groups in total. The smallest absolute Gasteiger partial charge is 0.248 e. The van der Waals surface area contributed by atoms with Crippen molar-refractivity contribution in [2.45, 2.75) is 13.8 Å². The van der Waals surface area contributed by atoms with Gasteiger partial charge < -0.3 is 11.5 Å². The maximum absolute atomic E-state index is 5.63. The number of hydrazone groups is 1. The first-order valence-corrected chi connectivity index (χ1v) is 5.69. The van der Waals surface area contributed by atoms with Crippen molar-refractivity contribution in [2.75, 3.05) is 16.9 Å². The number of benzene rings is 1. The molecule has 0 saturated heterocycles. The van der Waals surface area contributed by atoms with E-state index in [1.165, 1.54) is 0 Å². The second-order valence-corrected chi connectivity index (χ2v) is 4.00. The number of aryl methyl sites for hydroxylation is 1. The summed E-state index contributed by atoms with van der Waals surface area (Å²) in [4.78, 5) is 11.9. The first kappa shape index (κ1) is 12.7. The number of anilines is 3. The minimum Gasteiger partial charge on any atom is -0.399 e. The van der Waals surface area contributed by atoms with Crippen LogP contribution in [0.2, 0.25) is 0 Å². The van der Waals surface area contributed by atoms with Gasteiger partial charge in [-0.25, -0.2) is 5.43 Å². The molecule has 19 heavy (non-hydrogen) atoms. The normalized spacial score (nSPS) is 11.4. The van der Waals surface area contributed by atoms with Crippen LogP contribution in [0.5, 0.6) is 0 Å². The molecule has 0 spiro atoms. The van der Waals surface area contributed by atoms with Crippen molar-refractivity contribution < 1.29 is 0 Å². The average molecular weight is 257 g/mol. The van der Waals surface area contributed by atoms with Crippen LogP contribution in [0.25, 0.3) is 0 Å². The van der Waals surface area contributed by atoms with Crippen molar-refractivity contribution in [2.24, 2.45) is 5.10 Å². The van der Waals surface area contributed by atoms with E-state index in [1.54, 1.807) is 6.92 Å². The van der Waals surface area contributed by atoms with E-state index in [0.29, 0.717) is 17.5 Å². The third kappa shape index (κ3) is 3.38. The zero-order chi connectivity index (χ0) is 13.8. The van der Waals surface area contributed by atoms with Gasteiger partial charge in [-0.1, -0.05) is 12.1 Å². The van der Waals surface area contributed by atoms with Gasteiger partial charge in [0, 0.05) is 5.69 Å². The van der Waals surface area contributed by atoms with Crippen molar-refractivity contribution in [1.82, 2.24) is 15.0 Å². The highest BCUT2D eigenvalue weighted by Gasteiger charge is 2.01. The molecule has 1 heterocycles. The van der Waals surface area contributed by atoms with Crippen molar-refractivity contribution >= 4 is 23.3 Å². The van der Waals surface area contributed by atoms with Crippen LogP contribution in [-0.2, 0) is 0 Å². The SMILES string of the molecule is C/C(=N/Nc1nc(C)nc(N)n1)c1ccc(N)cc1. The molecule has 1 aromatic heterocycles. The predicted molar refractivity (Wildman–Crippen MR) is 75.7 cm³/mol. The molecule has 7 heteroatoms. The van der Waals surface area contributed by atoms with Gasteiger partial charge in [-0.05, 0) is 31.5 Å². The van der Waals surface area contributed by atoms with E-state index in [9.17, 15) is 0 Å². The summed E-state index contributed by atoms with van der Waals surface area (Å²) in [5.74, 6) is 1.02. The molecule has 98 valence electrons. The molecule has 0 aliphatic rings. The Morgan fingerprint density at radius 2 is 1.79 bits per heavy atom. The molecule has 0 radical (unpaired) electrons. The van der Waals surface area contributed by atoms with Crippen molar-refractivity contribution in [3.63, 3.8) is 0 Å². The lowest BCUT2D eigenvalue weighted by Gasteiger charge is -2.04. The number of nitrogen functional groups attached to an aromatic ring is 2. The summed E-state index contributed by atoms with van der Waals surface area (Å²) in [7, 11) is 0. The third-order valence-corrected chi connectivity index (χ3v) is 2.42. The second-order valence-electron chi connectivity index (χ2n) is 4.00. The van der Waals surface area contributed by atoms with Gasteiger partial charge in [-0.2, -0.15) is 20.1 Å². The number of hydrogen-bond acceptors (Lipinski definition) is 7. The number of rotatable bonds is 3. The van der Waals surface area contributed by atoms with Crippen LogP contribution in [0.15, 0.2) is 29.4 Å². The highest BCUT2D eigenvalue weighted by Crippen LogP contribution is 2.07. The second kappa shape index (κ2) is 5.30. The van der Waals surface area contributed by atoms with E-state index in [-0.39, 0.29) is 5.95 Å². The summed E-state index contributed by atoms with van der Waals surface area (Å²) < 4.78 is 0. The largest absolute Gasteiger partial charge is 0.399 e. The monoisotopic (exact) mass is 257 g/mol.